The van der Waals surface area contributed by atoms with Crippen molar-refractivity contribution in [2.24, 2.45) is 0 Å². The van der Waals surface area contributed by atoms with E-state index in [4.69, 9.17) is 23.4 Å². The van der Waals surface area contributed by atoms with E-state index in [0.29, 0.717) is 34.7 Å². The Bertz CT molecular complexity index is 1130. The van der Waals surface area contributed by atoms with E-state index in [1.54, 1.807) is 51.3 Å². The van der Waals surface area contributed by atoms with Gasteiger partial charge in [0.05, 0.1) is 40.3 Å². The van der Waals surface area contributed by atoms with Crippen LogP contribution in [0.5, 0.6) is 23.0 Å². The lowest BCUT2D eigenvalue weighted by atomic mass is 10.1. The molecule has 0 aliphatic heterocycles. The summed E-state index contributed by atoms with van der Waals surface area (Å²) >= 11 is 0. The number of methoxy groups -OCH3 is 4. The second-order valence-electron chi connectivity index (χ2n) is 5.88. The molecule has 0 unspecified atom stereocenters. The van der Waals surface area contributed by atoms with E-state index in [2.05, 4.69) is 10.1 Å². The van der Waals surface area contributed by atoms with E-state index >= 15 is 0 Å². The molecule has 0 aliphatic carbocycles. The first kappa shape index (κ1) is 17.7. The summed E-state index contributed by atoms with van der Waals surface area (Å²) in [6.45, 7) is 0. The largest absolute Gasteiger partial charge is 0.493 e. The first-order chi connectivity index (χ1) is 13.7. The average molecular weight is 381 g/mol. The third kappa shape index (κ3) is 2.88. The Morgan fingerprint density at radius 3 is 1.93 bits per heavy atom. The Morgan fingerprint density at radius 2 is 1.32 bits per heavy atom. The third-order valence-corrected chi connectivity index (χ3v) is 4.40. The minimum atomic E-state index is 0.384. The summed E-state index contributed by atoms with van der Waals surface area (Å²) in [5, 5.41) is 4.57. The lowest BCUT2D eigenvalue weighted by Crippen LogP contribution is -1.93. The van der Waals surface area contributed by atoms with Crippen LogP contribution < -0.4 is 18.9 Å². The molecule has 0 aliphatic rings. The second-order valence-corrected chi connectivity index (χ2v) is 5.88. The van der Waals surface area contributed by atoms with Gasteiger partial charge in [0.2, 0.25) is 5.89 Å². The van der Waals surface area contributed by atoms with Gasteiger partial charge >= 0.3 is 5.84 Å². The first-order valence-electron chi connectivity index (χ1n) is 8.48. The first-order valence-corrected chi connectivity index (χ1v) is 8.48. The van der Waals surface area contributed by atoms with Gasteiger partial charge in [-0.05, 0) is 36.4 Å². The van der Waals surface area contributed by atoms with Crippen LogP contribution in [-0.4, -0.2) is 43.0 Å². The number of hydrogen-bond acceptors (Lipinski definition) is 7. The van der Waals surface area contributed by atoms with Gasteiger partial charge in [0.25, 0.3) is 0 Å². The summed E-state index contributed by atoms with van der Waals surface area (Å²) in [4.78, 5) is 4.32. The third-order valence-electron chi connectivity index (χ3n) is 4.40. The molecule has 2 aromatic carbocycles. The van der Waals surface area contributed by atoms with Crippen LogP contribution >= 0.6 is 0 Å². The van der Waals surface area contributed by atoms with Gasteiger partial charge in [-0.25, -0.2) is 4.98 Å². The van der Waals surface area contributed by atoms with E-state index in [1.165, 1.54) is 0 Å². The smallest absolute Gasteiger partial charge is 0.325 e. The summed E-state index contributed by atoms with van der Waals surface area (Å²) < 4.78 is 28.8. The zero-order valence-corrected chi connectivity index (χ0v) is 15.9. The fourth-order valence-electron chi connectivity index (χ4n) is 2.97. The number of hydrogen-bond donors (Lipinski definition) is 0. The average Bonchev–Trinajstić information content (AvgIpc) is 3.33. The van der Waals surface area contributed by atoms with Crippen molar-refractivity contribution in [2.45, 2.75) is 0 Å². The standard InChI is InChI=1S/C20H19N3O5/c1-24-15-7-5-12(9-17(15)26-3)14-11-21-20-23(14)22-19(28-20)13-6-8-16(25-2)18(10-13)27-4/h5-11H,1-4H3. The lowest BCUT2D eigenvalue weighted by Gasteiger charge is -2.08. The number of aromatic nitrogens is 3. The maximum absolute atomic E-state index is 5.82. The van der Waals surface area contributed by atoms with Gasteiger partial charge in [-0.3, -0.25) is 0 Å². The zero-order chi connectivity index (χ0) is 19.7. The Kier molecular flexibility index (Phi) is 4.52. The molecular weight excluding hydrogens is 362 g/mol. The monoisotopic (exact) mass is 381 g/mol. The Balaban J connectivity index is 1.77. The van der Waals surface area contributed by atoms with Gasteiger partial charge in [-0.1, -0.05) is 0 Å². The second kappa shape index (κ2) is 7.15. The van der Waals surface area contributed by atoms with Crippen LogP contribution in [-0.2, 0) is 0 Å². The van der Waals surface area contributed by atoms with E-state index in [-0.39, 0.29) is 0 Å². The van der Waals surface area contributed by atoms with Gasteiger partial charge in [-0.15, -0.1) is 5.10 Å². The molecule has 28 heavy (non-hydrogen) atoms. The summed E-state index contributed by atoms with van der Waals surface area (Å²) in [6, 6.07) is 11.1. The molecule has 0 N–H and O–H groups in total. The fraction of sp³-hybridized carbons (Fsp3) is 0.200. The molecule has 8 heteroatoms. The van der Waals surface area contributed by atoms with Gasteiger partial charge in [-0.2, -0.15) is 4.52 Å². The fourth-order valence-corrected chi connectivity index (χ4v) is 2.97. The Morgan fingerprint density at radius 1 is 0.750 bits per heavy atom. The molecule has 0 amide bonds. The van der Waals surface area contributed by atoms with Gasteiger partial charge in [0.1, 0.15) is 0 Å². The molecule has 0 saturated heterocycles. The molecule has 4 rings (SSSR count). The molecule has 8 nitrogen and oxygen atoms in total. The van der Waals surface area contributed by atoms with Crippen molar-refractivity contribution in [3.05, 3.63) is 42.6 Å². The van der Waals surface area contributed by atoms with Crippen molar-refractivity contribution in [3.8, 4) is 45.7 Å². The van der Waals surface area contributed by atoms with Gasteiger partial charge in [0, 0.05) is 11.1 Å². The van der Waals surface area contributed by atoms with Crippen molar-refractivity contribution in [1.29, 1.82) is 0 Å². The van der Waals surface area contributed by atoms with E-state index in [1.807, 2.05) is 24.3 Å². The van der Waals surface area contributed by atoms with Gasteiger partial charge < -0.3 is 23.4 Å². The molecule has 0 saturated carbocycles. The molecule has 2 aromatic heterocycles. The van der Waals surface area contributed by atoms with E-state index < -0.39 is 0 Å². The molecule has 0 radical (unpaired) electrons. The van der Waals surface area contributed by atoms with Crippen molar-refractivity contribution in [1.82, 2.24) is 14.6 Å². The van der Waals surface area contributed by atoms with Crippen LogP contribution in [0.4, 0.5) is 0 Å². The number of ether oxygens (including phenoxy) is 4. The number of imidazole rings is 1. The SMILES string of the molecule is COc1ccc(-c2nn3c(-c4ccc(OC)c(OC)c4)cnc3o2)cc1OC. The molecule has 0 spiro atoms. The summed E-state index contributed by atoms with van der Waals surface area (Å²) in [5.41, 5.74) is 2.39. The maximum atomic E-state index is 5.82. The molecule has 0 bridgehead atoms. The number of nitrogens with zero attached hydrogens (tertiary/aromatic N) is 3. The van der Waals surface area contributed by atoms with Crippen LogP contribution in [0.1, 0.15) is 0 Å². The molecular formula is C20H19N3O5. The predicted octanol–water partition coefficient (Wildman–Crippen LogP) is 3.69. The molecule has 144 valence electrons. The molecule has 2 heterocycles. The Labute approximate surface area is 161 Å². The number of fused-ring (bicyclic) bond motifs is 1. The molecule has 4 aromatic rings. The highest BCUT2D eigenvalue weighted by atomic mass is 16.5. The summed E-state index contributed by atoms with van der Waals surface area (Å²) in [7, 11) is 6.37. The lowest BCUT2D eigenvalue weighted by molar-refractivity contribution is 0.355. The summed E-state index contributed by atoms with van der Waals surface area (Å²) in [5.74, 6) is 3.31. The zero-order valence-electron chi connectivity index (χ0n) is 15.9. The highest BCUT2D eigenvalue weighted by Gasteiger charge is 2.17. The minimum Gasteiger partial charge on any atom is -0.493 e. The number of benzene rings is 2. The molecule has 0 atom stereocenters. The predicted molar refractivity (Wildman–Crippen MR) is 102 cm³/mol. The quantitative estimate of drug-likeness (QED) is 0.504. The highest BCUT2D eigenvalue weighted by molar-refractivity contribution is 5.67. The molecule has 0 fully saturated rings. The topological polar surface area (TPSA) is 80.3 Å². The van der Waals surface area contributed by atoms with Crippen molar-refractivity contribution in [3.63, 3.8) is 0 Å². The maximum Gasteiger partial charge on any atom is 0.325 e. The van der Waals surface area contributed by atoms with Crippen molar-refractivity contribution in [2.75, 3.05) is 28.4 Å². The van der Waals surface area contributed by atoms with E-state index in [9.17, 15) is 0 Å². The van der Waals surface area contributed by atoms with Crippen LogP contribution in [0.15, 0.2) is 47.0 Å². The minimum absolute atomic E-state index is 0.384. The van der Waals surface area contributed by atoms with Crippen molar-refractivity contribution < 1.29 is 23.4 Å². The van der Waals surface area contributed by atoms with Gasteiger partial charge in [0.15, 0.2) is 23.0 Å². The number of rotatable bonds is 6. The van der Waals surface area contributed by atoms with Crippen LogP contribution in [0.2, 0.25) is 0 Å². The van der Waals surface area contributed by atoms with Crippen molar-refractivity contribution >= 4 is 5.84 Å². The summed E-state index contributed by atoms with van der Waals surface area (Å²) in [6.07, 6.45) is 1.70. The highest BCUT2D eigenvalue weighted by Crippen LogP contribution is 2.35. The Hall–Kier alpha value is -3.68. The van der Waals surface area contributed by atoms with Crippen LogP contribution in [0.3, 0.4) is 0 Å². The normalized spacial score (nSPS) is 10.9. The van der Waals surface area contributed by atoms with E-state index in [0.717, 1.165) is 16.8 Å². The van der Waals surface area contributed by atoms with Crippen LogP contribution in [0.25, 0.3) is 28.6 Å². The van der Waals surface area contributed by atoms with Crippen LogP contribution in [0, 0.1) is 0 Å².